The summed E-state index contributed by atoms with van der Waals surface area (Å²) in [7, 11) is 1.79. The van der Waals surface area contributed by atoms with Crippen molar-refractivity contribution in [3.05, 3.63) is 59.1 Å². The van der Waals surface area contributed by atoms with Crippen LogP contribution in [0.4, 0.5) is 11.4 Å². The number of ether oxygens (including phenoxy) is 1. The monoisotopic (exact) mass is 412 g/mol. The summed E-state index contributed by atoms with van der Waals surface area (Å²) in [5.74, 6) is 0.0889. The molecule has 2 aromatic carbocycles. The lowest BCUT2D eigenvalue weighted by atomic mass is 9.78. The molecule has 2 aliphatic rings. The van der Waals surface area contributed by atoms with Crippen LogP contribution < -0.4 is 10.2 Å². The number of hydrogen-bond acceptors (Lipinski definition) is 3. The maximum atomic E-state index is 13.3. The molecule has 1 aliphatic heterocycles. The van der Waals surface area contributed by atoms with Crippen LogP contribution >= 0.6 is 11.6 Å². The van der Waals surface area contributed by atoms with Crippen molar-refractivity contribution < 1.29 is 9.53 Å². The van der Waals surface area contributed by atoms with Gasteiger partial charge in [-0.3, -0.25) is 4.79 Å². The molecule has 0 radical (unpaired) electrons. The topological polar surface area (TPSA) is 41.6 Å². The van der Waals surface area contributed by atoms with Crippen LogP contribution in [0.25, 0.3) is 0 Å². The number of rotatable bonds is 5. The average molecular weight is 413 g/mol. The van der Waals surface area contributed by atoms with Crippen molar-refractivity contribution in [2.24, 2.45) is 0 Å². The number of amides is 1. The lowest BCUT2D eigenvalue weighted by molar-refractivity contribution is -0.121. The van der Waals surface area contributed by atoms with E-state index in [1.54, 1.807) is 7.11 Å². The minimum Gasteiger partial charge on any atom is -0.381 e. The number of piperidine rings is 1. The summed E-state index contributed by atoms with van der Waals surface area (Å²) in [5, 5.41) is 3.88. The van der Waals surface area contributed by atoms with Crippen LogP contribution in [-0.2, 0) is 14.9 Å². The second-order valence-corrected chi connectivity index (χ2v) is 8.66. The average Bonchev–Trinajstić information content (AvgIpc) is 3.26. The maximum Gasteiger partial charge on any atom is 0.235 e. The summed E-state index contributed by atoms with van der Waals surface area (Å²) in [6.07, 6.45) is 6.40. The fourth-order valence-electron chi connectivity index (χ4n) is 4.75. The Bertz CT molecular complexity index is 821. The van der Waals surface area contributed by atoms with Gasteiger partial charge in [0.2, 0.25) is 5.91 Å². The second kappa shape index (κ2) is 8.76. The van der Waals surface area contributed by atoms with Crippen molar-refractivity contribution in [2.75, 3.05) is 30.4 Å². The number of methoxy groups -OCH3 is 1. The molecule has 2 aromatic rings. The zero-order chi connectivity index (χ0) is 20.3. The minimum atomic E-state index is -0.453. The van der Waals surface area contributed by atoms with E-state index >= 15 is 0 Å². The Labute approximate surface area is 178 Å². The summed E-state index contributed by atoms with van der Waals surface area (Å²) in [6.45, 7) is 2.01. The van der Waals surface area contributed by atoms with E-state index in [9.17, 15) is 4.79 Å². The number of carbonyl (C=O) groups excluding carboxylic acids is 1. The maximum absolute atomic E-state index is 13.3. The zero-order valence-electron chi connectivity index (χ0n) is 17.0. The largest absolute Gasteiger partial charge is 0.381 e. The van der Waals surface area contributed by atoms with Gasteiger partial charge in [-0.25, -0.2) is 0 Å². The first-order valence-corrected chi connectivity index (χ1v) is 10.9. The van der Waals surface area contributed by atoms with Crippen LogP contribution in [0.1, 0.15) is 44.1 Å². The lowest BCUT2D eigenvalue weighted by Crippen LogP contribution is -2.38. The van der Waals surface area contributed by atoms with Gasteiger partial charge in [-0.1, -0.05) is 36.6 Å². The van der Waals surface area contributed by atoms with Crippen molar-refractivity contribution in [3.63, 3.8) is 0 Å². The van der Waals surface area contributed by atoms with Crippen LogP contribution in [0.5, 0.6) is 0 Å². The van der Waals surface area contributed by atoms with E-state index in [2.05, 4.69) is 22.3 Å². The Morgan fingerprint density at radius 1 is 1.03 bits per heavy atom. The third-order valence-corrected chi connectivity index (χ3v) is 6.81. The Kier molecular flexibility index (Phi) is 6.12. The van der Waals surface area contributed by atoms with E-state index in [1.807, 2.05) is 36.4 Å². The van der Waals surface area contributed by atoms with Crippen LogP contribution in [0.3, 0.4) is 0 Å². The number of hydrogen-bond donors (Lipinski definition) is 1. The highest BCUT2D eigenvalue weighted by molar-refractivity contribution is 6.30. The number of nitrogens with zero attached hydrogens (tertiary/aromatic N) is 1. The standard InChI is InChI=1S/C24H29ClN2O2/c1-29-22-12-16-27(17-13-22)21-10-8-20(9-11-21)26-23(28)24(14-2-3-15-24)18-4-6-19(25)7-5-18/h4-11,22H,2-3,12-17H2,1H3,(H,26,28). The van der Waals surface area contributed by atoms with Crippen LogP contribution in [0.15, 0.2) is 48.5 Å². The van der Waals surface area contributed by atoms with E-state index in [0.717, 1.165) is 62.9 Å². The lowest BCUT2D eigenvalue weighted by Gasteiger charge is -2.33. The molecule has 0 unspecified atom stereocenters. The highest BCUT2D eigenvalue weighted by Gasteiger charge is 2.42. The molecule has 1 N–H and O–H groups in total. The molecule has 0 spiro atoms. The molecule has 4 nitrogen and oxygen atoms in total. The highest BCUT2D eigenvalue weighted by atomic mass is 35.5. The molecule has 29 heavy (non-hydrogen) atoms. The first kappa shape index (κ1) is 20.2. The molecular weight excluding hydrogens is 384 g/mol. The minimum absolute atomic E-state index is 0.0889. The van der Waals surface area contributed by atoms with Crippen molar-refractivity contribution in [1.82, 2.24) is 0 Å². The Morgan fingerprint density at radius 2 is 1.66 bits per heavy atom. The Morgan fingerprint density at radius 3 is 2.24 bits per heavy atom. The van der Waals surface area contributed by atoms with Crippen molar-refractivity contribution in [1.29, 1.82) is 0 Å². The summed E-state index contributed by atoms with van der Waals surface area (Å²) >= 11 is 6.06. The fourth-order valence-corrected chi connectivity index (χ4v) is 4.88. The molecule has 154 valence electrons. The highest BCUT2D eigenvalue weighted by Crippen LogP contribution is 2.42. The predicted octanol–water partition coefficient (Wildman–Crippen LogP) is 5.41. The molecule has 1 aliphatic carbocycles. The Hall–Kier alpha value is -2.04. The van der Waals surface area contributed by atoms with Crippen molar-refractivity contribution in [3.8, 4) is 0 Å². The van der Waals surface area contributed by atoms with Gasteiger partial charge in [0.1, 0.15) is 0 Å². The van der Waals surface area contributed by atoms with Gasteiger partial charge < -0.3 is 15.0 Å². The number of halogens is 1. The van der Waals surface area contributed by atoms with Gasteiger partial charge in [0, 0.05) is 36.6 Å². The first-order chi connectivity index (χ1) is 14.1. The van der Waals surface area contributed by atoms with Crippen molar-refractivity contribution in [2.45, 2.75) is 50.0 Å². The molecule has 4 rings (SSSR count). The molecular formula is C24H29ClN2O2. The number of nitrogens with one attached hydrogen (secondary N) is 1. The molecule has 1 amide bonds. The molecule has 0 aromatic heterocycles. The molecule has 1 saturated carbocycles. The first-order valence-electron chi connectivity index (χ1n) is 10.6. The van der Waals surface area contributed by atoms with E-state index in [4.69, 9.17) is 16.3 Å². The quantitative estimate of drug-likeness (QED) is 0.714. The second-order valence-electron chi connectivity index (χ2n) is 8.22. The Balaban J connectivity index is 1.45. The third-order valence-electron chi connectivity index (χ3n) is 6.55. The number of carbonyl (C=O) groups is 1. The van der Waals surface area contributed by atoms with Crippen LogP contribution in [-0.4, -0.2) is 32.2 Å². The molecule has 2 fully saturated rings. The van der Waals surface area contributed by atoms with Gasteiger partial charge in [-0.15, -0.1) is 0 Å². The van der Waals surface area contributed by atoms with Gasteiger partial charge >= 0.3 is 0 Å². The van der Waals surface area contributed by atoms with Crippen LogP contribution in [0.2, 0.25) is 5.02 Å². The smallest absolute Gasteiger partial charge is 0.235 e. The predicted molar refractivity (Wildman–Crippen MR) is 119 cm³/mol. The third kappa shape index (κ3) is 4.29. The van der Waals surface area contributed by atoms with E-state index in [1.165, 1.54) is 5.69 Å². The fraction of sp³-hybridized carbons (Fsp3) is 0.458. The summed E-state index contributed by atoms with van der Waals surface area (Å²) in [5.41, 5.74) is 2.66. The normalized spacial score (nSPS) is 19.3. The molecule has 1 heterocycles. The van der Waals surface area contributed by atoms with Gasteiger partial charge in [0.15, 0.2) is 0 Å². The number of benzene rings is 2. The van der Waals surface area contributed by atoms with E-state index in [-0.39, 0.29) is 5.91 Å². The molecule has 1 saturated heterocycles. The van der Waals surface area contributed by atoms with Gasteiger partial charge in [-0.2, -0.15) is 0 Å². The van der Waals surface area contributed by atoms with Gasteiger partial charge in [0.05, 0.1) is 11.5 Å². The van der Waals surface area contributed by atoms with Gasteiger partial charge in [-0.05, 0) is 67.6 Å². The molecule has 0 bridgehead atoms. The molecule has 5 heteroatoms. The number of anilines is 2. The molecule has 0 atom stereocenters. The zero-order valence-corrected chi connectivity index (χ0v) is 17.8. The van der Waals surface area contributed by atoms with E-state index in [0.29, 0.717) is 11.1 Å². The van der Waals surface area contributed by atoms with Gasteiger partial charge in [0.25, 0.3) is 0 Å². The SMILES string of the molecule is COC1CCN(c2ccc(NC(=O)C3(c4ccc(Cl)cc4)CCCC3)cc2)CC1. The summed E-state index contributed by atoms with van der Waals surface area (Å²) in [6, 6.07) is 16.0. The summed E-state index contributed by atoms with van der Waals surface area (Å²) < 4.78 is 5.46. The van der Waals surface area contributed by atoms with Crippen molar-refractivity contribution >= 4 is 28.9 Å². The van der Waals surface area contributed by atoms with E-state index < -0.39 is 5.41 Å². The summed E-state index contributed by atoms with van der Waals surface area (Å²) in [4.78, 5) is 15.7. The van der Waals surface area contributed by atoms with Crippen LogP contribution in [0, 0.1) is 0 Å².